The fourth-order valence-corrected chi connectivity index (χ4v) is 2.89. The maximum atomic E-state index is 12.2. The number of guanidine groups is 1. The smallest absolute Gasteiger partial charge is 0.225 e. The fraction of sp³-hybridized carbons (Fsp3) is 0.765. The number of piperazine rings is 1. The van der Waals surface area contributed by atoms with Gasteiger partial charge in [-0.05, 0) is 19.8 Å². The molecule has 0 unspecified atom stereocenters. The molecule has 1 saturated heterocycles. The Morgan fingerprint density at radius 3 is 2.31 bits per heavy atom. The van der Waals surface area contributed by atoms with Crippen LogP contribution >= 0.6 is 24.0 Å². The number of aromatic nitrogens is 3. The van der Waals surface area contributed by atoms with Crippen molar-refractivity contribution in [2.75, 3.05) is 26.2 Å². The van der Waals surface area contributed by atoms with Crippen molar-refractivity contribution in [3.63, 3.8) is 0 Å². The molecule has 0 atom stereocenters. The third-order valence-electron chi connectivity index (χ3n) is 4.85. The van der Waals surface area contributed by atoms with Crippen LogP contribution in [0, 0.1) is 12.8 Å². The molecule has 26 heavy (non-hydrogen) atoms. The van der Waals surface area contributed by atoms with Crippen molar-refractivity contribution in [1.82, 2.24) is 29.9 Å². The number of nitrogens with one attached hydrogen (secondary N) is 1. The van der Waals surface area contributed by atoms with Crippen LogP contribution < -0.4 is 5.32 Å². The molecule has 0 spiro atoms. The molecule has 0 aromatic carbocycles. The normalized spacial score (nSPS) is 18.1. The molecule has 1 aliphatic carbocycles. The molecule has 0 bridgehead atoms. The molecule has 1 N–H and O–H groups in total. The molecule has 0 radical (unpaired) electrons. The summed E-state index contributed by atoms with van der Waals surface area (Å²) >= 11 is 0. The molecule has 1 aromatic heterocycles. The Labute approximate surface area is 172 Å². The molecule has 1 aromatic rings. The summed E-state index contributed by atoms with van der Waals surface area (Å²) in [7, 11) is 1.96. The Hall–Kier alpha value is -1.39. The lowest BCUT2D eigenvalue weighted by molar-refractivity contribution is -0.135. The summed E-state index contributed by atoms with van der Waals surface area (Å²) in [6.07, 6.45) is 2.40. The first-order valence-electron chi connectivity index (χ1n) is 9.15. The molecule has 1 aliphatic heterocycles. The quantitative estimate of drug-likeness (QED) is 0.402. The molecule has 2 fully saturated rings. The average molecular weight is 475 g/mol. The molecule has 2 heterocycles. The van der Waals surface area contributed by atoms with Crippen LogP contribution in [-0.4, -0.2) is 68.7 Å². The summed E-state index contributed by atoms with van der Waals surface area (Å²) in [5.41, 5.74) is 0. The van der Waals surface area contributed by atoms with Crippen molar-refractivity contribution < 1.29 is 4.79 Å². The lowest BCUT2D eigenvalue weighted by atomic mass is 10.1. The Morgan fingerprint density at radius 2 is 1.81 bits per heavy atom. The first-order valence-corrected chi connectivity index (χ1v) is 9.15. The van der Waals surface area contributed by atoms with Crippen LogP contribution in [0.3, 0.4) is 0 Å². The van der Waals surface area contributed by atoms with Gasteiger partial charge in [-0.25, -0.2) is 4.99 Å². The summed E-state index contributed by atoms with van der Waals surface area (Å²) in [5.74, 6) is 2.98. The first kappa shape index (κ1) is 20.9. The summed E-state index contributed by atoms with van der Waals surface area (Å²) in [4.78, 5) is 21.2. The number of hydrogen-bond acceptors (Lipinski definition) is 4. The highest BCUT2D eigenvalue weighted by molar-refractivity contribution is 14.0. The number of carbonyl (C=O) groups is 1. The van der Waals surface area contributed by atoms with E-state index in [2.05, 4.69) is 20.4 Å². The minimum absolute atomic E-state index is 0. The van der Waals surface area contributed by atoms with E-state index < -0.39 is 0 Å². The van der Waals surface area contributed by atoms with Crippen molar-refractivity contribution >= 4 is 35.8 Å². The summed E-state index contributed by atoms with van der Waals surface area (Å²) in [5, 5.41) is 11.8. The third-order valence-corrected chi connectivity index (χ3v) is 4.85. The largest absolute Gasteiger partial charge is 0.353 e. The minimum Gasteiger partial charge on any atom is -0.353 e. The van der Waals surface area contributed by atoms with Gasteiger partial charge in [-0.3, -0.25) is 4.79 Å². The third kappa shape index (κ3) is 5.08. The van der Waals surface area contributed by atoms with Crippen molar-refractivity contribution in [1.29, 1.82) is 0 Å². The van der Waals surface area contributed by atoms with Gasteiger partial charge in [0.2, 0.25) is 5.91 Å². The number of halogens is 1. The Balaban J connectivity index is 0.00000243. The van der Waals surface area contributed by atoms with Gasteiger partial charge in [0.05, 0.1) is 0 Å². The van der Waals surface area contributed by atoms with Crippen molar-refractivity contribution in [2.24, 2.45) is 18.0 Å². The molecular formula is C17H30IN7O. The second-order valence-electron chi connectivity index (χ2n) is 7.25. The summed E-state index contributed by atoms with van der Waals surface area (Å²) in [6.45, 7) is 9.50. The lowest BCUT2D eigenvalue weighted by Gasteiger charge is -2.37. The van der Waals surface area contributed by atoms with Gasteiger partial charge in [0.25, 0.3) is 0 Å². The van der Waals surface area contributed by atoms with E-state index in [0.29, 0.717) is 12.6 Å². The number of amides is 1. The van der Waals surface area contributed by atoms with Crippen LogP contribution in [0.1, 0.15) is 38.3 Å². The molecule has 2 aliphatic rings. The molecule has 146 valence electrons. The van der Waals surface area contributed by atoms with Gasteiger partial charge in [-0.2, -0.15) is 0 Å². The molecular weight excluding hydrogens is 445 g/mol. The number of rotatable bonds is 4. The standard InChI is InChI=1S/C17H29N7O.HI/c1-12(2)16(25)23-7-9-24(10-8-23)17(19-14-5-6-14)18-11-15-21-20-13(3)22(15)4;/h12,14H,5-11H2,1-4H3,(H,18,19);1H. The van der Waals surface area contributed by atoms with E-state index in [-0.39, 0.29) is 35.8 Å². The fourth-order valence-electron chi connectivity index (χ4n) is 2.89. The predicted octanol–water partition coefficient (Wildman–Crippen LogP) is 1.15. The monoisotopic (exact) mass is 475 g/mol. The Morgan fingerprint density at radius 1 is 1.19 bits per heavy atom. The zero-order chi connectivity index (χ0) is 18.0. The average Bonchev–Trinajstić information content (AvgIpc) is 3.37. The van der Waals surface area contributed by atoms with Gasteiger partial charge in [0.15, 0.2) is 11.8 Å². The van der Waals surface area contributed by atoms with E-state index >= 15 is 0 Å². The van der Waals surface area contributed by atoms with Crippen LogP contribution in [-0.2, 0) is 18.4 Å². The molecule has 3 rings (SSSR count). The Bertz CT molecular complexity index is 646. The van der Waals surface area contributed by atoms with E-state index in [9.17, 15) is 4.79 Å². The summed E-state index contributed by atoms with van der Waals surface area (Å²) in [6, 6.07) is 0.537. The van der Waals surface area contributed by atoms with E-state index in [0.717, 1.165) is 43.8 Å². The maximum absolute atomic E-state index is 12.2. The van der Waals surface area contributed by atoms with Crippen molar-refractivity contribution in [3.05, 3.63) is 11.6 Å². The zero-order valence-corrected chi connectivity index (χ0v) is 18.4. The molecule has 8 nitrogen and oxygen atoms in total. The van der Waals surface area contributed by atoms with Crippen LogP contribution in [0.5, 0.6) is 0 Å². The highest BCUT2D eigenvalue weighted by atomic mass is 127. The van der Waals surface area contributed by atoms with Gasteiger partial charge < -0.3 is 19.7 Å². The Kier molecular flexibility index (Phi) is 7.24. The number of nitrogens with zero attached hydrogens (tertiary/aromatic N) is 6. The van der Waals surface area contributed by atoms with Gasteiger partial charge in [-0.15, -0.1) is 34.2 Å². The number of aryl methyl sites for hydroxylation is 1. The van der Waals surface area contributed by atoms with Gasteiger partial charge >= 0.3 is 0 Å². The first-order chi connectivity index (χ1) is 12.0. The van der Waals surface area contributed by atoms with Crippen LogP contribution in [0.4, 0.5) is 0 Å². The zero-order valence-electron chi connectivity index (χ0n) is 16.1. The molecule has 1 saturated carbocycles. The topological polar surface area (TPSA) is 78.7 Å². The number of aliphatic imine (C=N–C) groups is 1. The van der Waals surface area contributed by atoms with Crippen LogP contribution in [0.15, 0.2) is 4.99 Å². The highest BCUT2D eigenvalue weighted by Gasteiger charge is 2.28. The number of carbonyl (C=O) groups excluding carboxylic acids is 1. The van der Waals surface area contributed by atoms with Crippen LogP contribution in [0.25, 0.3) is 0 Å². The van der Waals surface area contributed by atoms with E-state index in [4.69, 9.17) is 4.99 Å². The van der Waals surface area contributed by atoms with Gasteiger partial charge in [-0.1, -0.05) is 13.8 Å². The maximum Gasteiger partial charge on any atom is 0.225 e. The summed E-state index contributed by atoms with van der Waals surface area (Å²) < 4.78 is 1.97. The van der Waals surface area contributed by atoms with E-state index in [1.54, 1.807) is 0 Å². The second kappa shape index (κ2) is 9.01. The van der Waals surface area contributed by atoms with Crippen molar-refractivity contribution in [2.45, 2.75) is 46.2 Å². The van der Waals surface area contributed by atoms with Crippen molar-refractivity contribution in [3.8, 4) is 0 Å². The van der Waals surface area contributed by atoms with E-state index in [1.807, 2.05) is 37.3 Å². The second-order valence-corrected chi connectivity index (χ2v) is 7.25. The van der Waals surface area contributed by atoms with E-state index in [1.165, 1.54) is 12.8 Å². The SMILES string of the molecule is Cc1nnc(CN=C(NC2CC2)N2CCN(C(=O)C(C)C)CC2)n1C.I. The van der Waals surface area contributed by atoms with Crippen LogP contribution in [0.2, 0.25) is 0 Å². The lowest BCUT2D eigenvalue weighted by Crippen LogP contribution is -2.54. The van der Waals surface area contributed by atoms with Gasteiger partial charge in [0, 0.05) is 45.2 Å². The van der Waals surface area contributed by atoms with Gasteiger partial charge in [0.1, 0.15) is 12.4 Å². The molecule has 9 heteroatoms. The minimum atomic E-state index is 0. The molecule has 1 amide bonds. The highest BCUT2D eigenvalue weighted by Crippen LogP contribution is 2.19. The number of hydrogen-bond donors (Lipinski definition) is 1. The predicted molar refractivity (Wildman–Crippen MR) is 111 cm³/mol.